The van der Waals surface area contributed by atoms with Gasteiger partial charge in [0.25, 0.3) is 0 Å². The van der Waals surface area contributed by atoms with Crippen LogP contribution in [-0.2, 0) is 6.42 Å². The van der Waals surface area contributed by atoms with Crippen LogP contribution in [0.3, 0.4) is 0 Å². The Morgan fingerprint density at radius 2 is 2.32 bits per heavy atom. The number of aliphatic hydroxyl groups excluding tert-OH is 1. The predicted molar refractivity (Wildman–Crippen MR) is 80.4 cm³/mol. The predicted octanol–water partition coefficient (Wildman–Crippen LogP) is 2.28. The zero-order valence-electron chi connectivity index (χ0n) is 11.3. The van der Waals surface area contributed by atoms with Crippen LogP contribution < -0.4 is 10.1 Å². The molecule has 0 fully saturated rings. The van der Waals surface area contributed by atoms with Crippen molar-refractivity contribution in [2.75, 3.05) is 20.3 Å². The van der Waals surface area contributed by atoms with Gasteiger partial charge >= 0.3 is 0 Å². The van der Waals surface area contributed by atoms with Crippen molar-refractivity contribution in [2.45, 2.75) is 24.8 Å². The Balaban J connectivity index is 0.00000180. The molecule has 2 rings (SSSR count). The van der Waals surface area contributed by atoms with Crippen LogP contribution >= 0.6 is 12.4 Å². The number of halogens is 1. The Morgan fingerprint density at radius 1 is 1.53 bits per heavy atom. The van der Waals surface area contributed by atoms with Gasteiger partial charge in [0.15, 0.2) is 0 Å². The second-order valence-corrected chi connectivity index (χ2v) is 4.66. The summed E-state index contributed by atoms with van der Waals surface area (Å²) in [4.78, 5) is 0. The number of fused-ring (bicyclic) bond motifs is 1. The number of ether oxygens (including phenoxy) is 1. The quantitative estimate of drug-likeness (QED) is 0.815. The molecule has 1 aliphatic rings. The number of aliphatic hydroxyl groups is 1. The molecule has 0 aromatic heterocycles. The van der Waals surface area contributed by atoms with Crippen LogP contribution in [0, 0.1) is 0 Å². The van der Waals surface area contributed by atoms with Crippen LogP contribution in [0.15, 0.2) is 30.9 Å². The largest absolute Gasteiger partial charge is 0.496 e. The van der Waals surface area contributed by atoms with E-state index < -0.39 is 0 Å². The number of hydrogen-bond acceptors (Lipinski definition) is 3. The summed E-state index contributed by atoms with van der Waals surface area (Å²) in [6, 6.07) is 6.40. The standard InChI is InChI=1S/C15H21NO2.ClH/c1-3-9-16-13-8-7-11-5-4-6-14(18-2)15(11)12(13)10-17;/h3-6,12-13,16-17H,1,7-10H2,2H3;1H/t12-,13+;/m0./s1. The highest BCUT2D eigenvalue weighted by molar-refractivity contribution is 5.85. The summed E-state index contributed by atoms with van der Waals surface area (Å²) in [5, 5.41) is 13.1. The molecule has 0 heterocycles. The van der Waals surface area contributed by atoms with E-state index in [1.165, 1.54) is 5.56 Å². The van der Waals surface area contributed by atoms with E-state index in [-0.39, 0.29) is 31.0 Å². The van der Waals surface area contributed by atoms with Crippen LogP contribution in [0.25, 0.3) is 0 Å². The molecule has 2 N–H and O–H groups in total. The Hall–Kier alpha value is -1.03. The number of methoxy groups -OCH3 is 1. The molecular formula is C15H22ClNO2. The molecule has 0 radical (unpaired) electrons. The van der Waals surface area contributed by atoms with Crippen molar-refractivity contribution in [2.24, 2.45) is 0 Å². The van der Waals surface area contributed by atoms with E-state index >= 15 is 0 Å². The summed E-state index contributed by atoms with van der Waals surface area (Å²) in [6.07, 6.45) is 3.92. The monoisotopic (exact) mass is 283 g/mol. The van der Waals surface area contributed by atoms with Crippen molar-refractivity contribution in [3.8, 4) is 5.75 Å². The lowest BCUT2D eigenvalue weighted by molar-refractivity contribution is 0.222. The molecule has 2 atom stereocenters. The maximum atomic E-state index is 9.71. The first-order valence-corrected chi connectivity index (χ1v) is 6.42. The lowest BCUT2D eigenvalue weighted by Gasteiger charge is -2.34. The van der Waals surface area contributed by atoms with Gasteiger partial charge in [0.2, 0.25) is 0 Å². The average molecular weight is 284 g/mol. The number of aryl methyl sites for hydroxylation is 1. The number of benzene rings is 1. The van der Waals surface area contributed by atoms with E-state index in [9.17, 15) is 5.11 Å². The smallest absolute Gasteiger partial charge is 0.122 e. The van der Waals surface area contributed by atoms with Crippen LogP contribution in [0.2, 0.25) is 0 Å². The summed E-state index contributed by atoms with van der Waals surface area (Å²) in [6.45, 7) is 4.63. The van der Waals surface area contributed by atoms with Gasteiger partial charge in [0.05, 0.1) is 13.7 Å². The number of hydrogen-bond donors (Lipinski definition) is 2. The van der Waals surface area contributed by atoms with Crippen molar-refractivity contribution >= 4 is 12.4 Å². The second kappa shape index (κ2) is 7.53. The second-order valence-electron chi connectivity index (χ2n) is 4.66. The fourth-order valence-corrected chi connectivity index (χ4v) is 2.82. The van der Waals surface area contributed by atoms with Crippen LogP contribution in [-0.4, -0.2) is 31.4 Å². The zero-order chi connectivity index (χ0) is 13.0. The minimum atomic E-state index is 0. The van der Waals surface area contributed by atoms with Gasteiger partial charge in [-0.05, 0) is 24.5 Å². The molecule has 1 aromatic rings. The number of nitrogens with one attached hydrogen (secondary N) is 1. The number of rotatable bonds is 5. The van der Waals surface area contributed by atoms with Gasteiger partial charge in [-0.25, -0.2) is 0 Å². The molecule has 19 heavy (non-hydrogen) atoms. The maximum absolute atomic E-state index is 9.71. The fraction of sp³-hybridized carbons (Fsp3) is 0.467. The first-order chi connectivity index (χ1) is 8.81. The molecule has 4 heteroatoms. The molecule has 0 spiro atoms. The Labute approximate surface area is 121 Å². The average Bonchev–Trinajstić information content (AvgIpc) is 2.43. The summed E-state index contributed by atoms with van der Waals surface area (Å²) in [7, 11) is 1.69. The van der Waals surface area contributed by atoms with Gasteiger partial charge in [0, 0.05) is 24.1 Å². The van der Waals surface area contributed by atoms with E-state index in [1.807, 2.05) is 18.2 Å². The summed E-state index contributed by atoms with van der Waals surface area (Å²) >= 11 is 0. The first-order valence-electron chi connectivity index (χ1n) is 6.42. The van der Waals surface area contributed by atoms with E-state index in [4.69, 9.17) is 4.74 Å². The molecule has 0 unspecified atom stereocenters. The summed E-state index contributed by atoms with van der Waals surface area (Å²) < 4.78 is 5.44. The minimum absolute atomic E-state index is 0. The maximum Gasteiger partial charge on any atom is 0.122 e. The third kappa shape index (κ3) is 3.30. The lowest BCUT2D eigenvalue weighted by Crippen LogP contribution is -2.40. The van der Waals surface area contributed by atoms with Gasteiger partial charge in [-0.15, -0.1) is 19.0 Å². The van der Waals surface area contributed by atoms with Crippen molar-refractivity contribution in [3.05, 3.63) is 42.0 Å². The van der Waals surface area contributed by atoms with Gasteiger partial charge in [-0.2, -0.15) is 0 Å². The van der Waals surface area contributed by atoms with Gasteiger partial charge in [-0.3, -0.25) is 0 Å². The lowest BCUT2D eigenvalue weighted by atomic mass is 9.79. The van der Waals surface area contributed by atoms with Crippen molar-refractivity contribution in [1.29, 1.82) is 0 Å². The summed E-state index contributed by atoms with van der Waals surface area (Å²) in [5.74, 6) is 0.988. The molecule has 0 saturated heterocycles. The van der Waals surface area contributed by atoms with Crippen molar-refractivity contribution < 1.29 is 9.84 Å². The van der Waals surface area contributed by atoms with E-state index in [2.05, 4.69) is 18.0 Å². The highest BCUT2D eigenvalue weighted by Gasteiger charge is 2.30. The van der Waals surface area contributed by atoms with Crippen LogP contribution in [0.1, 0.15) is 23.5 Å². The SMILES string of the molecule is C=CCN[C@@H]1CCc2cccc(OC)c2[C@H]1CO.Cl. The normalized spacial score (nSPS) is 21.2. The highest BCUT2D eigenvalue weighted by atomic mass is 35.5. The Kier molecular flexibility index (Phi) is 6.35. The molecule has 3 nitrogen and oxygen atoms in total. The van der Waals surface area contributed by atoms with Gasteiger partial charge in [-0.1, -0.05) is 18.2 Å². The van der Waals surface area contributed by atoms with Crippen LogP contribution in [0.5, 0.6) is 5.75 Å². The molecule has 0 bridgehead atoms. The molecule has 0 amide bonds. The highest BCUT2D eigenvalue weighted by Crippen LogP contribution is 2.37. The fourth-order valence-electron chi connectivity index (χ4n) is 2.82. The zero-order valence-corrected chi connectivity index (χ0v) is 12.1. The van der Waals surface area contributed by atoms with E-state index in [0.717, 1.165) is 30.7 Å². The molecule has 0 saturated carbocycles. The molecule has 1 aliphatic carbocycles. The Bertz CT molecular complexity index is 408. The molecule has 106 valence electrons. The summed E-state index contributed by atoms with van der Waals surface area (Å²) in [5.41, 5.74) is 2.46. The van der Waals surface area contributed by atoms with E-state index in [1.54, 1.807) is 7.11 Å². The third-order valence-corrected chi connectivity index (χ3v) is 3.68. The van der Waals surface area contributed by atoms with Crippen molar-refractivity contribution in [1.82, 2.24) is 5.32 Å². The molecule has 1 aromatic carbocycles. The van der Waals surface area contributed by atoms with E-state index in [0.29, 0.717) is 0 Å². The van der Waals surface area contributed by atoms with Crippen LogP contribution in [0.4, 0.5) is 0 Å². The molecule has 0 aliphatic heterocycles. The molecular weight excluding hydrogens is 262 g/mol. The topological polar surface area (TPSA) is 41.5 Å². The minimum Gasteiger partial charge on any atom is -0.496 e. The van der Waals surface area contributed by atoms with Crippen molar-refractivity contribution in [3.63, 3.8) is 0 Å². The Morgan fingerprint density at radius 3 is 2.95 bits per heavy atom. The van der Waals surface area contributed by atoms with Gasteiger partial charge in [0.1, 0.15) is 5.75 Å². The van der Waals surface area contributed by atoms with Gasteiger partial charge < -0.3 is 15.2 Å². The third-order valence-electron chi connectivity index (χ3n) is 3.68. The first kappa shape index (κ1) is 16.0.